The normalized spacial score (nSPS) is 14.8. The van der Waals surface area contributed by atoms with Crippen LogP contribution in [0.1, 0.15) is 52.2 Å². The zero-order valence-corrected chi connectivity index (χ0v) is 15.3. The lowest BCUT2D eigenvalue weighted by Gasteiger charge is -2.32. The number of aromatic nitrogens is 1. The number of benzene rings is 1. The van der Waals surface area contributed by atoms with Crippen molar-refractivity contribution in [1.29, 1.82) is 5.26 Å². The first-order chi connectivity index (χ1) is 12.8. The number of rotatable bonds is 3. The molecule has 0 saturated carbocycles. The molecular formula is C20H19N3O4. The van der Waals surface area contributed by atoms with Crippen molar-refractivity contribution in [3.63, 3.8) is 0 Å². The van der Waals surface area contributed by atoms with Crippen molar-refractivity contribution in [2.75, 3.05) is 12.5 Å². The lowest BCUT2D eigenvalue weighted by molar-refractivity contribution is 0.0600. The molecule has 138 valence electrons. The van der Waals surface area contributed by atoms with Crippen LogP contribution < -0.4 is 11.0 Å². The van der Waals surface area contributed by atoms with Crippen LogP contribution >= 0.6 is 0 Å². The Morgan fingerprint density at radius 2 is 1.89 bits per heavy atom. The lowest BCUT2D eigenvalue weighted by atomic mass is 9.75. The molecule has 7 nitrogen and oxygen atoms in total. The molecule has 0 aliphatic heterocycles. The van der Waals surface area contributed by atoms with Crippen LogP contribution in [0.5, 0.6) is 0 Å². The Bertz CT molecular complexity index is 1030. The van der Waals surface area contributed by atoms with E-state index in [0.29, 0.717) is 35.3 Å². The summed E-state index contributed by atoms with van der Waals surface area (Å²) in [6, 6.07) is 9.62. The second kappa shape index (κ2) is 6.72. The molecule has 0 unspecified atom stereocenters. The summed E-state index contributed by atoms with van der Waals surface area (Å²) in [7, 11) is 1.30. The number of pyridine rings is 1. The molecular weight excluding hydrogens is 346 g/mol. The molecule has 0 atom stereocenters. The van der Waals surface area contributed by atoms with Crippen LogP contribution in [0.25, 0.3) is 0 Å². The Labute approximate surface area is 156 Å². The zero-order valence-electron chi connectivity index (χ0n) is 15.3. The van der Waals surface area contributed by atoms with Gasteiger partial charge in [-0.3, -0.25) is 15.0 Å². The van der Waals surface area contributed by atoms with Gasteiger partial charge in [0.05, 0.1) is 24.1 Å². The zero-order chi connectivity index (χ0) is 19.8. The van der Waals surface area contributed by atoms with Crippen molar-refractivity contribution < 1.29 is 14.3 Å². The Morgan fingerprint density at radius 1 is 1.22 bits per heavy atom. The second-order valence-corrected chi connectivity index (χ2v) is 7.29. The Kier molecular flexibility index (Phi) is 4.58. The van der Waals surface area contributed by atoms with Crippen molar-refractivity contribution in [3.05, 3.63) is 63.1 Å². The summed E-state index contributed by atoms with van der Waals surface area (Å²) in [5.41, 5.74) is 3.93. The van der Waals surface area contributed by atoms with Gasteiger partial charge in [-0.1, -0.05) is 13.8 Å². The van der Waals surface area contributed by atoms with Crippen molar-refractivity contribution in [3.8, 4) is 6.07 Å². The molecule has 1 aliphatic rings. The Morgan fingerprint density at radius 3 is 2.48 bits per heavy atom. The maximum absolute atomic E-state index is 12.7. The van der Waals surface area contributed by atoms with E-state index in [-0.39, 0.29) is 16.8 Å². The Hall–Kier alpha value is -3.40. The van der Waals surface area contributed by atoms with E-state index in [4.69, 9.17) is 0 Å². The van der Waals surface area contributed by atoms with Crippen molar-refractivity contribution in [2.45, 2.75) is 26.7 Å². The summed E-state index contributed by atoms with van der Waals surface area (Å²) in [4.78, 5) is 36.8. The van der Waals surface area contributed by atoms with E-state index >= 15 is 0 Å². The summed E-state index contributed by atoms with van der Waals surface area (Å²) >= 11 is 0. The van der Waals surface area contributed by atoms with E-state index in [1.807, 2.05) is 19.9 Å². The lowest BCUT2D eigenvalue weighted by Crippen LogP contribution is -2.38. The van der Waals surface area contributed by atoms with Gasteiger partial charge in [0.25, 0.3) is 5.56 Å². The van der Waals surface area contributed by atoms with Gasteiger partial charge in [-0.15, -0.1) is 0 Å². The van der Waals surface area contributed by atoms with E-state index in [9.17, 15) is 19.6 Å². The number of nitriles is 1. The standard InChI is InChI=1S/C20H19N3O4/c1-20(2)9-16-15(17(24)10-20)8-13(11-21)18(25)23(16)22-14-6-4-12(5-7-14)19(26)27-3/h4-8,22H,9-10H2,1-3H3. The fourth-order valence-corrected chi connectivity index (χ4v) is 3.24. The first-order valence-electron chi connectivity index (χ1n) is 8.43. The minimum absolute atomic E-state index is 0.0886. The molecule has 0 bridgehead atoms. The minimum Gasteiger partial charge on any atom is -0.465 e. The highest BCUT2D eigenvalue weighted by atomic mass is 16.5. The molecule has 0 radical (unpaired) electrons. The van der Waals surface area contributed by atoms with Gasteiger partial charge in [-0.05, 0) is 42.2 Å². The number of carbonyl (C=O) groups is 2. The number of ether oxygens (including phenoxy) is 1. The number of fused-ring (bicyclic) bond motifs is 1. The van der Waals surface area contributed by atoms with E-state index in [1.165, 1.54) is 17.9 Å². The third kappa shape index (κ3) is 3.47. The van der Waals surface area contributed by atoms with Gasteiger partial charge < -0.3 is 4.74 Å². The number of ketones is 1. The smallest absolute Gasteiger partial charge is 0.337 e. The number of hydrogen-bond donors (Lipinski definition) is 1. The fourth-order valence-electron chi connectivity index (χ4n) is 3.24. The summed E-state index contributed by atoms with van der Waals surface area (Å²) in [5.74, 6) is -0.552. The minimum atomic E-state index is -0.515. The quantitative estimate of drug-likeness (QED) is 0.839. The molecule has 7 heteroatoms. The highest BCUT2D eigenvalue weighted by molar-refractivity contribution is 5.99. The third-order valence-electron chi connectivity index (χ3n) is 4.56. The number of nitrogens with one attached hydrogen (secondary N) is 1. The monoisotopic (exact) mass is 365 g/mol. The van der Waals surface area contributed by atoms with Crippen LogP contribution in [0.4, 0.5) is 5.69 Å². The molecule has 1 aromatic heterocycles. The number of esters is 1. The predicted octanol–water partition coefficient (Wildman–Crippen LogP) is 2.54. The number of methoxy groups -OCH3 is 1. The van der Waals surface area contributed by atoms with Crippen LogP contribution in [-0.2, 0) is 11.2 Å². The summed E-state index contributed by atoms with van der Waals surface area (Å²) in [5, 5.41) is 9.27. The number of hydrogen-bond acceptors (Lipinski definition) is 6. The van der Waals surface area contributed by atoms with Gasteiger partial charge >= 0.3 is 5.97 Å². The van der Waals surface area contributed by atoms with Crippen molar-refractivity contribution in [1.82, 2.24) is 4.68 Å². The van der Waals surface area contributed by atoms with Gasteiger partial charge in [0, 0.05) is 12.0 Å². The number of Topliss-reactive ketones (excluding diaryl/α,β-unsaturated/α-hetero) is 1. The molecule has 1 aliphatic carbocycles. The summed E-state index contributed by atoms with van der Waals surface area (Å²) in [6.45, 7) is 3.93. The summed E-state index contributed by atoms with van der Waals surface area (Å²) in [6.07, 6.45) is 0.874. The number of carbonyl (C=O) groups excluding carboxylic acids is 2. The first kappa shape index (κ1) is 18.4. The SMILES string of the molecule is COC(=O)c1ccc(Nn2c3c(cc(C#N)c2=O)C(=O)CC(C)(C)C3)cc1. The van der Waals surface area contributed by atoms with Gasteiger partial charge in [-0.2, -0.15) is 5.26 Å². The van der Waals surface area contributed by atoms with E-state index in [2.05, 4.69) is 10.2 Å². The van der Waals surface area contributed by atoms with E-state index in [1.54, 1.807) is 24.3 Å². The average molecular weight is 365 g/mol. The number of anilines is 1. The fraction of sp³-hybridized carbons (Fsp3) is 0.300. The van der Waals surface area contributed by atoms with Gasteiger partial charge in [0.15, 0.2) is 5.78 Å². The topological polar surface area (TPSA) is 101 Å². The summed E-state index contributed by atoms with van der Waals surface area (Å²) < 4.78 is 5.93. The van der Waals surface area contributed by atoms with Crippen LogP contribution in [0.15, 0.2) is 35.1 Å². The molecule has 1 heterocycles. The molecule has 27 heavy (non-hydrogen) atoms. The molecule has 1 aromatic carbocycles. The molecule has 0 spiro atoms. The highest BCUT2D eigenvalue weighted by Gasteiger charge is 2.34. The van der Waals surface area contributed by atoms with E-state index in [0.717, 1.165) is 0 Å². The molecule has 0 amide bonds. The molecule has 0 saturated heterocycles. The molecule has 0 fully saturated rings. The van der Waals surface area contributed by atoms with Gasteiger partial charge in [0.2, 0.25) is 0 Å². The third-order valence-corrected chi connectivity index (χ3v) is 4.56. The van der Waals surface area contributed by atoms with Crippen molar-refractivity contribution >= 4 is 17.4 Å². The maximum atomic E-state index is 12.7. The molecule has 1 N–H and O–H groups in total. The Balaban J connectivity index is 2.09. The maximum Gasteiger partial charge on any atom is 0.337 e. The van der Waals surface area contributed by atoms with Crippen molar-refractivity contribution in [2.24, 2.45) is 5.41 Å². The number of nitrogens with zero attached hydrogens (tertiary/aromatic N) is 2. The van der Waals surface area contributed by atoms with Crippen LogP contribution in [-0.4, -0.2) is 23.5 Å². The highest BCUT2D eigenvalue weighted by Crippen LogP contribution is 2.34. The van der Waals surface area contributed by atoms with Gasteiger partial charge in [0.1, 0.15) is 11.6 Å². The average Bonchev–Trinajstić information content (AvgIpc) is 2.63. The van der Waals surface area contributed by atoms with Crippen LogP contribution in [0.2, 0.25) is 0 Å². The van der Waals surface area contributed by atoms with Crippen LogP contribution in [0.3, 0.4) is 0 Å². The molecule has 3 rings (SSSR count). The van der Waals surface area contributed by atoms with Crippen LogP contribution in [0, 0.1) is 16.7 Å². The predicted molar refractivity (Wildman–Crippen MR) is 98.7 cm³/mol. The largest absolute Gasteiger partial charge is 0.465 e. The second-order valence-electron chi connectivity index (χ2n) is 7.29. The van der Waals surface area contributed by atoms with E-state index < -0.39 is 11.5 Å². The van der Waals surface area contributed by atoms with Gasteiger partial charge in [-0.25, -0.2) is 9.47 Å². The molecule has 2 aromatic rings. The first-order valence-corrected chi connectivity index (χ1v) is 8.43.